The van der Waals surface area contributed by atoms with Crippen LogP contribution in [-0.2, 0) is 4.74 Å². The van der Waals surface area contributed by atoms with Crippen LogP contribution in [0.5, 0.6) is 0 Å². The van der Waals surface area contributed by atoms with E-state index in [1.54, 1.807) is 10.9 Å². The number of rotatable bonds is 5. The summed E-state index contributed by atoms with van der Waals surface area (Å²) in [4.78, 5) is 11.9. The summed E-state index contributed by atoms with van der Waals surface area (Å²) in [5.41, 5.74) is 1.73. The van der Waals surface area contributed by atoms with Gasteiger partial charge in [0.25, 0.3) is 0 Å². The number of aromatic nitrogens is 4. The Morgan fingerprint density at radius 1 is 1.64 bits per heavy atom. The van der Waals surface area contributed by atoms with Gasteiger partial charge in [0, 0.05) is 12.5 Å². The molecular formula is C14H18FN5O2. The zero-order chi connectivity index (χ0) is 15.7. The number of halogens is 1. The summed E-state index contributed by atoms with van der Waals surface area (Å²) in [5.74, 6) is 0.329. The molecule has 3 heterocycles. The first-order chi connectivity index (χ1) is 10.6. The highest BCUT2D eigenvalue weighted by Gasteiger charge is 2.24. The molecule has 0 aromatic carbocycles. The number of hydrogen-bond donors (Lipinski definition) is 2. The molecule has 1 aliphatic rings. The normalized spacial score (nSPS) is 20.0. The van der Waals surface area contributed by atoms with Crippen LogP contribution in [0.1, 0.15) is 26.5 Å². The molecule has 0 bridgehead atoms. The Morgan fingerprint density at radius 3 is 3.05 bits per heavy atom. The van der Waals surface area contributed by atoms with Crippen LogP contribution in [0.4, 0.5) is 10.2 Å². The van der Waals surface area contributed by atoms with Crippen LogP contribution in [0, 0.1) is 6.08 Å². The van der Waals surface area contributed by atoms with Gasteiger partial charge in [-0.3, -0.25) is 4.57 Å². The molecule has 7 nitrogen and oxygen atoms in total. The average Bonchev–Trinajstić information content (AvgIpc) is 2.80. The summed E-state index contributed by atoms with van der Waals surface area (Å²) in [5, 5.41) is 12.1. The summed E-state index contributed by atoms with van der Waals surface area (Å²) in [6.07, 6.45) is 3.34. The Balaban J connectivity index is 1.94. The summed E-state index contributed by atoms with van der Waals surface area (Å²) in [6, 6.07) is -0.130. The van der Waals surface area contributed by atoms with E-state index in [-0.39, 0.29) is 18.9 Å². The quantitative estimate of drug-likeness (QED) is 0.645. The second-order valence-electron chi connectivity index (χ2n) is 5.38. The molecule has 2 unspecified atom stereocenters. The minimum Gasteiger partial charge on any atom is -0.392 e. The largest absolute Gasteiger partial charge is 0.392 e. The minimum absolute atomic E-state index is 0.0206. The zero-order valence-corrected chi connectivity index (χ0v) is 12.5. The van der Waals surface area contributed by atoms with Gasteiger partial charge in [-0.25, -0.2) is 4.98 Å². The predicted octanol–water partition coefficient (Wildman–Crippen LogP) is 1.62. The first-order valence-electron chi connectivity index (χ1n) is 7.15. The van der Waals surface area contributed by atoms with Crippen LogP contribution in [0.15, 0.2) is 18.0 Å². The molecule has 2 atom stereocenters. The van der Waals surface area contributed by atoms with E-state index in [0.717, 1.165) is 12.0 Å². The molecule has 2 N–H and O–H groups in total. The van der Waals surface area contributed by atoms with Crippen molar-refractivity contribution >= 4 is 17.0 Å². The number of aliphatic hydroxyl groups is 1. The van der Waals surface area contributed by atoms with E-state index >= 15 is 0 Å². The highest BCUT2D eigenvalue weighted by Crippen LogP contribution is 2.28. The van der Waals surface area contributed by atoms with Crippen molar-refractivity contribution in [3.63, 3.8) is 0 Å². The third kappa shape index (κ3) is 2.79. The predicted molar refractivity (Wildman–Crippen MR) is 78.8 cm³/mol. The summed E-state index contributed by atoms with van der Waals surface area (Å²) >= 11 is 0. The lowest BCUT2D eigenvalue weighted by molar-refractivity contribution is -0.0974. The number of ether oxygens (including phenoxy) is 1. The maximum Gasteiger partial charge on any atom is 0.312 e. The van der Waals surface area contributed by atoms with Crippen molar-refractivity contribution in [1.82, 2.24) is 19.5 Å². The van der Waals surface area contributed by atoms with E-state index in [2.05, 4.69) is 20.3 Å². The number of aliphatic hydroxyl groups excluding tert-OH is 1. The fraction of sp³-hybridized carbons (Fsp3) is 0.500. The molecule has 22 heavy (non-hydrogen) atoms. The van der Waals surface area contributed by atoms with E-state index < -0.39 is 6.08 Å². The van der Waals surface area contributed by atoms with Gasteiger partial charge in [0.2, 0.25) is 0 Å². The van der Waals surface area contributed by atoms with Crippen molar-refractivity contribution < 1.29 is 14.2 Å². The van der Waals surface area contributed by atoms with E-state index in [1.165, 1.54) is 0 Å². The van der Waals surface area contributed by atoms with Gasteiger partial charge < -0.3 is 15.2 Å². The van der Waals surface area contributed by atoms with Gasteiger partial charge >= 0.3 is 6.08 Å². The third-order valence-corrected chi connectivity index (χ3v) is 3.53. The van der Waals surface area contributed by atoms with Gasteiger partial charge in [-0.05, 0) is 13.8 Å². The Morgan fingerprint density at radius 2 is 2.41 bits per heavy atom. The lowest BCUT2D eigenvalue weighted by atomic mass is 10.2. The number of hydrogen-bond acceptors (Lipinski definition) is 6. The van der Waals surface area contributed by atoms with Crippen LogP contribution in [-0.4, -0.2) is 43.9 Å². The first-order valence-corrected chi connectivity index (χ1v) is 7.15. The molecule has 1 saturated heterocycles. The Bertz CT molecular complexity index is 711. The number of nitrogens with zero attached hydrogens (tertiary/aromatic N) is 4. The number of anilines is 1. The van der Waals surface area contributed by atoms with Crippen molar-refractivity contribution in [3.8, 4) is 0 Å². The van der Waals surface area contributed by atoms with E-state index in [4.69, 9.17) is 9.84 Å². The highest BCUT2D eigenvalue weighted by atomic mass is 19.1. The molecule has 1 aliphatic heterocycles. The lowest BCUT2D eigenvalue weighted by Gasteiger charge is -2.27. The van der Waals surface area contributed by atoms with E-state index in [0.29, 0.717) is 23.6 Å². The van der Waals surface area contributed by atoms with E-state index in [1.807, 2.05) is 19.9 Å². The third-order valence-electron chi connectivity index (χ3n) is 3.53. The molecule has 0 radical (unpaired) electrons. The summed E-state index contributed by atoms with van der Waals surface area (Å²) in [6.45, 7) is 4.37. The van der Waals surface area contributed by atoms with Crippen LogP contribution in [0.25, 0.3) is 11.2 Å². The maximum atomic E-state index is 13.7. The molecule has 1 fully saturated rings. The second-order valence-corrected chi connectivity index (χ2v) is 5.38. The first kappa shape index (κ1) is 14.9. The van der Waals surface area contributed by atoms with Gasteiger partial charge in [0.05, 0.1) is 19.5 Å². The maximum absolute atomic E-state index is 13.7. The van der Waals surface area contributed by atoms with Gasteiger partial charge in [-0.1, -0.05) is 11.6 Å². The second kappa shape index (κ2) is 5.98. The molecule has 0 spiro atoms. The van der Waals surface area contributed by atoms with Gasteiger partial charge in [0.1, 0.15) is 6.23 Å². The monoisotopic (exact) mass is 307 g/mol. The van der Waals surface area contributed by atoms with Crippen molar-refractivity contribution in [2.45, 2.75) is 32.5 Å². The van der Waals surface area contributed by atoms with Crippen molar-refractivity contribution in [1.29, 1.82) is 0 Å². The van der Waals surface area contributed by atoms with Crippen LogP contribution < -0.4 is 5.32 Å². The highest BCUT2D eigenvalue weighted by molar-refractivity contribution is 5.83. The Labute approximate surface area is 126 Å². The molecule has 2 aromatic heterocycles. The number of nitrogens with one attached hydrogen (secondary N) is 1. The van der Waals surface area contributed by atoms with E-state index in [9.17, 15) is 4.39 Å². The topological polar surface area (TPSA) is 85.1 Å². The average molecular weight is 307 g/mol. The Hall–Kier alpha value is -2.06. The molecule has 0 aliphatic carbocycles. The molecule has 118 valence electrons. The molecule has 3 rings (SSSR count). The SMILES string of the molecule is C/C(=C/C(C)Nc1nc(F)nc2c1ncn2C1CCO1)CO. The summed E-state index contributed by atoms with van der Waals surface area (Å²) < 4.78 is 20.8. The van der Waals surface area contributed by atoms with Gasteiger partial charge in [-0.15, -0.1) is 0 Å². The number of fused-ring (bicyclic) bond motifs is 1. The molecule has 2 aromatic rings. The Kier molecular flexibility index (Phi) is 4.04. The molecular weight excluding hydrogens is 289 g/mol. The number of imidazole rings is 1. The molecule has 8 heteroatoms. The fourth-order valence-corrected chi connectivity index (χ4v) is 2.38. The van der Waals surface area contributed by atoms with Gasteiger partial charge in [-0.2, -0.15) is 14.4 Å². The standard InChI is InChI=1S/C14H18FN5O2/c1-8(6-21)5-9(2)17-12-11-13(19-14(15)18-12)20(7-16-11)10-3-4-22-10/h5,7,9-10,21H,3-4,6H2,1-2H3,(H,17,18,19)/b8-5-. The zero-order valence-electron chi connectivity index (χ0n) is 12.5. The van der Waals surface area contributed by atoms with Crippen LogP contribution in [0.2, 0.25) is 0 Å². The minimum atomic E-state index is -0.814. The lowest BCUT2D eigenvalue weighted by Crippen LogP contribution is -2.24. The fourth-order valence-electron chi connectivity index (χ4n) is 2.38. The van der Waals surface area contributed by atoms with Crippen LogP contribution >= 0.6 is 0 Å². The molecule has 0 amide bonds. The molecule has 0 saturated carbocycles. The van der Waals surface area contributed by atoms with Crippen molar-refractivity contribution in [3.05, 3.63) is 24.1 Å². The van der Waals surface area contributed by atoms with Crippen molar-refractivity contribution in [2.75, 3.05) is 18.5 Å². The van der Waals surface area contributed by atoms with Gasteiger partial charge in [0.15, 0.2) is 17.0 Å². The van der Waals surface area contributed by atoms with Crippen molar-refractivity contribution in [2.24, 2.45) is 0 Å². The summed E-state index contributed by atoms with van der Waals surface area (Å²) in [7, 11) is 0. The smallest absolute Gasteiger partial charge is 0.312 e. The van der Waals surface area contributed by atoms with Crippen LogP contribution in [0.3, 0.4) is 0 Å².